The first-order valence-electron chi connectivity index (χ1n) is 5.06. The van der Waals surface area contributed by atoms with E-state index in [1.807, 2.05) is 11.9 Å². The Morgan fingerprint density at radius 1 is 1.44 bits per heavy atom. The second-order valence-electron chi connectivity index (χ2n) is 3.52. The molecule has 0 spiro atoms. The minimum Gasteiger partial charge on any atom is -0.494 e. The summed E-state index contributed by atoms with van der Waals surface area (Å²) < 4.78 is 1.00. The van der Waals surface area contributed by atoms with E-state index >= 15 is 0 Å². The van der Waals surface area contributed by atoms with Crippen LogP contribution in [0.2, 0.25) is 0 Å². The van der Waals surface area contributed by atoms with Gasteiger partial charge in [0.2, 0.25) is 5.88 Å². The van der Waals surface area contributed by atoms with Gasteiger partial charge in [-0.25, -0.2) is 4.79 Å². The fourth-order valence-electron chi connectivity index (χ4n) is 1.40. The number of aromatic nitrogens is 2. The summed E-state index contributed by atoms with van der Waals surface area (Å²) in [6.45, 7) is 3.37. The number of nitrogens with zero attached hydrogens (tertiary/aromatic N) is 1. The molecule has 1 rings (SSSR count). The van der Waals surface area contributed by atoms with Gasteiger partial charge in [-0.3, -0.25) is 19.1 Å². The second-order valence-corrected chi connectivity index (χ2v) is 3.52. The molecule has 0 aliphatic heterocycles. The van der Waals surface area contributed by atoms with Crippen LogP contribution < -0.4 is 11.2 Å². The second kappa shape index (κ2) is 4.78. The number of rotatable bonds is 4. The van der Waals surface area contributed by atoms with Gasteiger partial charge in [0.05, 0.1) is 0 Å². The number of ketones is 1. The maximum absolute atomic E-state index is 11.4. The topological polar surface area (TPSA) is 92.2 Å². The lowest BCUT2D eigenvalue weighted by Gasteiger charge is -2.08. The normalized spacial score (nSPS) is 10.4. The Morgan fingerprint density at radius 2 is 2.06 bits per heavy atom. The maximum atomic E-state index is 11.4. The van der Waals surface area contributed by atoms with E-state index in [1.54, 1.807) is 0 Å². The highest BCUT2D eigenvalue weighted by Gasteiger charge is 2.17. The average Bonchev–Trinajstić information content (AvgIpc) is 2.16. The standard InChI is InChI=1S/C10H14N2O4/c1-3-4-5-12-9(15)7(6(2)13)8(14)11-10(12)16/h15H,3-5H2,1-2H3,(H,11,14,16). The predicted octanol–water partition coefficient (Wildman–Crippen LogP) is 0.245. The largest absolute Gasteiger partial charge is 0.494 e. The number of Topliss-reactive ketones (excluding diaryl/α,β-unsaturated/α-hetero) is 1. The molecule has 0 aliphatic carbocycles. The van der Waals surface area contributed by atoms with Crippen LogP contribution >= 0.6 is 0 Å². The van der Waals surface area contributed by atoms with Crippen LogP contribution in [0.5, 0.6) is 5.88 Å². The number of carbonyl (C=O) groups is 1. The molecule has 0 aromatic carbocycles. The van der Waals surface area contributed by atoms with Crippen molar-refractivity contribution >= 4 is 5.78 Å². The Balaban J connectivity index is 3.39. The van der Waals surface area contributed by atoms with Crippen LogP contribution in [0.25, 0.3) is 0 Å². The molecule has 0 fully saturated rings. The van der Waals surface area contributed by atoms with Gasteiger partial charge in [0.25, 0.3) is 5.56 Å². The van der Waals surface area contributed by atoms with Crippen LogP contribution in [0.4, 0.5) is 0 Å². The average molecular weight is 226 g/mol. The zero-order valence-corrected chi connectivity index (χ0v) is 9.24. The Morgan fingerprint density at radius 3 is 2.56 bits per heavy atom. The molecule has 0 amide bonds. The van der Waals surface area contributed by atoms with E-state index < -0.39 is 22.9 Å². The molecule has 88 valence electrons. The van der Waals surface area contributed by atoms with Gasteiger partial charge in [-0.15, -0.1) is 0 Å². The maximum Gasteiger partial charge on any atom is 0.331 e. The van der Waals surface area contributed by atoms with Crippen molar-refractivity contribution in [2.75, 3.05) is 0 Å². The van der Waals surface area contributed by atoms with E-state index in [0.717, 1.165) is 11.0 Å². The molecule has 0 radical (unpaired) electrons. The van der Waals surface area contributed by atoms with E-state index in [1.165, 1.54) is 6.92 Å². The van der Waals surface area contributed by atoms with Crippen LogP contribution in [0, 0.1) is 0 Å². The van der Waals surface area contributed by atoms with Crippen molar-refractivity contribution in [2.24, 2.45) is 0 Å². The number of carbonyl (C=O) groups excluding carboxylic acids is 1. The molecule has 0 unspecified atom stereocenters. The summed E-state index contributed by atoms with van der Waals surface area (Å²) in [6.07, 6.45) is 1.51. The molecule has 0 saturated heterocycles. The third-order valence-electron chi connectivity index (χ3n) is 2.26. The lowest BCUT2D eigenvalue weighted by molar-refractivity contribution is 0.101. The van der Waals surface area contributed by atoms with Crippen molar-refractivity contribution in [3.05, 3.63) is 26.4 Å². The monoisotopic (exact) mass is 226 g/mol. The van der Waals surface area contributed by atoms with Gasteiger partial charge >= 0.3 is 5.69 Å². The summed E-state index contributed by atoms with van der Waals surface area (Å²) in [5, 5.41) is 9.67. The van der Waals surface area contributed by atoms with Crippen molar-refractivity contribution in [1.82, 2.24) is 9.55 Å². The van der Waals surface area contributed by atoms with Crippen molar-refractivity contribution in [3.63, 3.8) is 0 Å². The molecular formula is C10H14N2O4. The van der Waals surface area contributed by atoms with Gasteiger partial charge in [0.1, 0.15) is 5.56 Å². The van der Waals surface area contributed by atoms with Gasteiger partial charge in [-0.05, 0) is 13.3 Å². The van der Waals surface area contributed by atoms with E-state index in [2.05, 4.69) is 0 Å². The van der Waals surface area contributed by atoms with Crippen molar-refractivity contribution < 1.29 is 9.90 Å². The molecule has 0 saturated carbocycles. The molecule has 1 aromatic heterocycles. The van der Waals surface area contributed by atoms with Gasteiger partial charge in [0.15, 0.2) is 5.78 Å². The molecule has 6 heteroatoms. The molecule has 16 heavy (non-hydrogen) atoms. The Hall–Kier alpha value is -1.85. The molecule has 0 atom stereocenters. The minimum atomic E-state index is -0.845. The molecule has 1 heterocycles. The fraction of sp³-hybridized carbons (Fsp3) is 0.500. The van der Waals surface area contributed by atoms with E-state index in [-0.39, 0.29) is 12.1 Å². The van der Waals surface area contributed by atoms with Crippen LogP contribution in [0.15, 0.2) is 9.59 Å². The smallest absolute Gasteiger partial charge is 0.331 e. The van der Waals surface area contributed by atoms with Crippen molar-refractivity contribution in [1.29, 1.82) is 0 Å². The Bertz CT molecular complexity index is 513. The zero-order chi connectivity index (χ0) is 12.3. The van der Waals surface area contributed by atoms with Crippen LogP contribution in [-0.4, -0.2) is 20.4 Å². The number of nitrogens with one attached hydrogen (secondary N) is 1. The summed E-state index contributed by atoms with van der Waals surface area (Å²) in [4.78, 5) is 35.8. The van der Waals surface area contributed by atoms with E-state index in [4.69, 9.17) is 0 Å². The van der Waals surface area contributed by atoms with E-state index in [9.17, 15) is 19.5 Å². The summed E-state index contributed by atoms with van der Waals surface area (Å²) >= 11 is 0. The fourth-order valence-corrected chi connectivity index (χ4v) is 1.40. The highest BCUT2D eigenvalue weighted by molar-refractivity contribution is 5.95. The third-order valence-corrected chi connectivity index (χ3v) is 2.26. The van der Waals surface area contributed by atoms with Crippen LogP contribution in [-0.2, 0) is 6.54 Å². The molecular weight excluding hydrogens is 212 g/mol. The quantitative estimate of drug-likeness (QED) is 0.719. The summed E-state index contributed by atoms with van der Waals surface area (Å²) in [5.41, 5.74) is -1.90. The van der Waals surface area contributed by atoms with Crippen molar-refractivity contribution in [3.8, 4) is 5.88 Å². The number of aromatic hydroxyl groups is 1. The highest BCUT2D eigenvalue weighted by Crippen LogP contribution is 2.11. The summed E-state index contributed by atoms with van der Waals surface area (Å²) in [6, 6.07) is 0. The van der Waals surface area contributed by atoms with Gasteiger partial charge in [-0.1, -0.05) is 13.3 Å². The molecule has 0 bridgehead atoms. The third kappa shape index (κ3) is 2.21. The van der Waals surface area contributed by atoms with Crippen LogP contribution in [0.3, 0.4) is 0 Å². The van der Waals surface area contributed by atoms with Crippen LogP contribution in [0.1, 0.15) is 37.0 Å². The summed E-state index contributed by atoms with van der Waals surface area (Å²) in [7, 11) is 0. The molecule has 0 aliphatic rings. The predicted molar refractivity (Wildman–Crippen MR) is 57.9 cm³/mol. The minimum absolute atomic E-state index is 0.276. The van der Waals surface area contributed by atoms with Gasteiger partial charge in [-0.2, -0.15) is 0 Å². The molecule has 6 nitrogen and oxygen atoms in total. The molecule has 2 N–H and O–H groups in total. The van der Waals surface area contributed by atoms with Crippen molar-refractivity contribution in [2.45, 2.75) is 33.2 Å². The van der Waals surface area contributed by atoms with Gasteiger partial charge in [0, 0.05) is 6.54 Å². The number of unbranched alkanes of at least 4 members (excludes halogenated alkanes) is 1. The first kappa shape index (κ1) is 12.2. The first-order valence-corrected chi connectivity index (χ1v) is 5.06. The number of aromatic amines is 1. The first-order chi connectivity index (χ1) is 7.49. The van der Waals surface area contributed by atoms with Gasteiger partial charge < -0.3 is 5.11 Å². The lowest BCUT2D eigenvalue weighted by atomic mass is 10.2. The Labute approximate surface area is 91.5 Å². The SMILES string of the molecule is CCCCn1c(O)c(C(C)=O)c(=O)[nH]c1=O. The molecule has 1 aromatic rings. The summed E-state index contributed by atoms with van der Waals surface area (Å²) in [5.74, 6) is -1.11. The number of hydrogen-bond acceptors (Lipinski definition) is 4. The number of H-pyrrole nitrogens is 1. The Kier molecular flexibility index (Phi) is 3.65. The number of hydrogen-bond donors (Lipinski definition) is 2. The zero-order valence-electron chi connectivity index (χ0n) is 9.24. The lowest BCUT2D eigenvalue weighted by Crippen LogP contribution is -2.33. The highest BCUT2D eigenvalue weighted by atomic mass is 16.3. The van der Waals surface area contributed by atoms with E-state index in [0.29, 0.717) is 6.42 Å².